The maximum Gasteiger partial charge on any atom is 0.244 e. The Labute approximate surface area is 232 Å². The molecule has 2 atom stereocenters. The van der Waals surface area contributed by atoms with Gasteiger partial charge in [0, 0.05) is 27.7 Å². The first kappa shape index (κ1) is 30.5. The molecule has 0 spiro atoms. The highest BCUT2D eigenvalue weighted by Crippen LogP contribution is 2.31. The molecule has 2 amide bonds. The quantitative estimate of drug-likeness (QED) is 0.356. The molecule has 0 heterocycles. The Kier molecular flexibility index (Phi) is 11.2. The summed E-state index contributed by atoms with van der Waals surface area (Å²) in [5.74, 6) is -0.967. The number of nitrogens with zero attached hydrogens (tertiary/aromatic N) is 2. The minimum absolute atomic E-state index is 0.0395. The van der Waals surface area contributed by atoms with Gasteiger partial charge in [-0.05, 0) is 55.7 Å². The van der Waals surface area contributed by atoms with Crippen LogP contribution in [-0.2, 0) is 26.2 Å². The third kappa shape index (κ3) is 8.15. The highest BCUT2D eigenvalue weighted by Gasteiger charge is 2.33. The minimum atomic E-state index is -3.95. The summed E-state index contributed by atoms with van der Waals surface area (Å²) in [6.45, 7) is 4.92. The number of halogens is 4. The van der Waals surface area contributed by atoms with Crippen LogP contribution in [0.4, 0.5) is 5.69 Å². The number of hydrogen-bond acceptors (Lipinski definition) is 4. The van der Waals surface area contributed by atoms with Crippen molar-refractivity contribution in [2.24, 2.45) is 0 Å². The molecule has 0 unspecified atom stereocenters. The fraction of sp³-hybridized carbons (Fsp3) is 0.417. The molecule has 0 aromatic heterocycles. The van der Waals surface area contributed by atoms with E-state index in [-0.39, 0.29) is 40.6 Å². The molecule has 2 aromatic rings. The Morgan fingerprint density at radius 3 is 2.11 bits per heavy atom. The summed E-state index contributed by atoms with van der Waals surface area (Å²) in [4.78, 5) is 28.2. The fourth-order valence-electron chi connectivity index (χ4n) is 3.47. The van der Waals surface area contributed by atoms with E-state index in [1.54, 1.807) is 19.1 Å². The van der Waals surface area contributed by atoms with Crippen LogP contribution in [0.3, 0.4) is 0 Å². The van der Waals surface area contributed by atoms with Crippen molar-refractivity contribution in [2.45, 2.75) is 52.2 Å². The lowest BCUT2D eigenvalue weighted by Crippen LogP contribution is -2.53. The summed E-state index contributed by atoms with van der Waals surface area (Å²) in [6.07, 6.45) is 1.95. The molecule has 2 aromatic carbocycles. The van der Waals surface area contributed by atoms with Gasteiger partial charge in [-0.1, -0.05) is 66.3 Å². The summed E-state index contributed by atoms with van der Waals surface area (Å²) in [6, 6.07) is 8.15. The summed E-state index contributed by atoms with van der Waals surface area (Å²) in [5.41, 5.74) is 0.609. The van der Waals surface area contributed by atoms with E-state index in [0.717, 1.165) is 10.6 Å². The van der Waals surface area contributed by atoms with Gasteiger partial charge in [0.1, 0.15) is 12.6 Å². The number of anilines is 1. The van der Waals surface area contributed by atoms with Crippen LogP contribution in [0.5, 0.6) is 0 Å². The number of rotatable bonds is 11. The van der Waals surface area contributed by atoms with Gasteiger partial charge in [0.2, 0.25) is 21.8 Å². The highest BCUT2D eigenvalue weighted by molar-refractivity contribution is 7.92. The van der Waals surface area contributed by atoms with Crippen molar-refractivity contribution in [3.05, 3.63) is 62.1 Å². The molecular weight excluding hydrogens is 568 g/mol. The van der Waals surface area contributed by atoms with Gasteiger partial charge in [-0.25, -0.2) is 8.42 Å². The summed E-state index contributed by atoms with van der Waals surface area (Å²) in [7, 11) is -3.95. The maximum atomic E-state index is 13.7. The van der Waals surface area contributed by atoms with Gasteiger partial charge >= 0.3 is 0 Å². The molecule has 0 saturated carbocycles. The van der Waals surface area contributed by atoms with E-state index in [4.69, 9.17) is 46.4 Å². The first-order chi connectivity index (χ1) is 16.8. The number of benzene rings is 2. The molecule has 36 heavy (non-hydrogen) atoms. The van der Waals surface area contributed by atoms with E-state index in [1.165, 1.54) is 29.2 Å². The highest BCUT2D eigenvalue weighted by atomic mass is 35.5. The van der Waals surface area contributed by atoms with Gasteiger partial charge in [0.15, 0.2) is 0 Å². The smallest absolute Gasteiger partial charge is 0.244 e. The first-order valence-corrected chi connectivity index (χ1v) is 14.6. The topological polar surface area (TPSA) is 86.8 Å². The SMILES string of the molecule is CC[C@H](C)NC(=O)[C@H](CC)N(Cc1ccc(Cl)cc1Cl)C(=O)CN(c1cc(Cl)ccc1Cl)S(C)(=O)=O. The van der Waals surface area contributed by atoms with E-state index >= 15 is 0 Å². The van der Waals surface area contributed by atoms with Crippen LogP contribution in [0.25, 0.3) is 0 Å². The van der Waals surface area contributed by atoms with Crippen LogP contribution in [0, 0.1) is 0 Å². The van der Waals surface area contributed by atoms with Gasteiger partial charge in [-0.15, -0.1) is 0 Å². The summed E-state index contributed by atoms with van der Waals surface area (Å²) >= 11 is 24.7. The third-order valence-corrected chi connectivity index (χ3v) is 7.87. The molecular formula is C24H29Cl4N3O4S. The Bertz CT molecular complexity index is 1210. The van der Waals surface area contributed by atoms with Gasteiger partial charge in [0.25, 0.3) is 0 Å². The number of carbonyl (C=O) groups excluding carboxylic acids is 2. The minimum Gasteiger partial charge on any atom is -0.352 e. The Hall–Kier alpha value is -1.71. The van der Waals surface area contributed by atoms with Crippen LogP contribution >= 0.6 is 46.4 Å². The van der Waals surface area contributed by atoms with Crippen LogP contribution in [0.15, 0.2) is 36.4 Å². The fourth-order valence-corrected chi connectivity index (χ4v) is 5.22. The van der Waals surface area contributed by atoms with Crippen molar-refractivity contribution in [1.29, 1.82) is 0 Å². The monoisotopic (exact) mass is 595 g/mol. The Morgan fingerprint density at radius 2 is 1.56 bits per heavy atom. The average Bonchev–Trinajstić information content (AvgIpc) is 2.79. The van der Waals surface area contributed by atoms with Crippen molar-refractivity contribution >= 4 is 73.9 Å². The second kappa shape index (κ2) is 13.2. The largest absolute Gasteiger partial charge is 0.352 e. The van der Waals surface area contributed by atoms with Crippen LogP contribution in [-0.4, -0.2) is 50.0 Å². The third-order valence-electron chi connectivity index (χ3n) is 5.60. The van der Waals surface area contributed by atoms with Gasteiger partial charge in [-0.2, -0.15) is 0 Å². The lowest BCUT2D eigenvalue weighted by Gasteiger charge is -2.33. The van der Waals surface area contributed by atoms with E-state index in [9.17, 15) is 18.0 Å². The lowest BCUT2D eigenvalue weighted by atomic mass is 10.1. The molecule has 198 valence electrons. The van der Waals surface area contributed by atoms with Gasteiger partial charge in [-0.3, -0.25) is 13.9 Å². The Balaban J connectivity index is 2.52. The summed E-state index contributed by atoms with van der Waals surface area (Å²) in [5, 5.41) is 3.99. The van der Waals surface area contributed by atoms with E-state index < -0.39 is 28.5 Å². The summed E-state index contributed by atoms with van der Waals surface area (Å²) < 4.78 is 26.3. The zero-order chi connectivity index (χ0) is 27.2. The van der Waals surface area contributed by atoms with Crippen molar-refractivity contribution in [1.82, 2.24) is 10.2 Å². The maximum absolute atomic E-state index is 13.7. The lowest BCUT2D eigenvalue weighted by molar-refractivity contribution is -0.140. The molecule has 0 saturated heterocycles. The van der Waals surface area contributed by atoms with E-state index in [2.05, 4.69) is 5.32 Å². The number of nitrogens with one attached hydrogen (secondary N) is 1. The van der Waals surface area contributed by atoms with Crippen molar-refractivity contribution in [3.8, 4) is 0 Å². The van der Waals surface area contributed by atoms with E-state index in [1.807, 2.05) is 13.8 Å². The molecule has 0 radical (unpaired) electrons. The standard InChI is InChI=1S/C24H29Cl4N3O4S/c1-5-15(3)29-24(33)21(6-2)30(13-16-7-8-17(25)11-20(16)28)23(32)14-31(36(4,34)35)22-12-18(26)9-10-19(22)27/h7-12,15,21H,5-6,13-14H2,1-4H3,(H,29,33)/t15-,21-/m0/s1. The van der Waals surface area contributed by atoms with Crippen LogP contribution < -0.4 is 9.62 Å². The second-order valence-corrected chi connectivity index (χ2v) is 12.0. The molecule has 0 fully saturated rings. The van der Waals surface area contributed by atoms with E-state index in [0.29, 0.717) is 22.0 Å². The van der Waals surface area contributed by atoms with Crippen LogP contribution in [0.1, 0.15) is 39.2 Å². The predicted molar refractivity (Wildman–Crippen MR) is 148 cm³/mol. The first-order valence-electron chi connectivity index (χ1n) is 11.2. The molecule has 0 bridgehead atoms. The molecule has 12 heteroatoms. The number of amides is 2. The van der Waals surface area contributed by atoms with Gasteiger partial charge in [0.05, 0.1) is 17.0 Å². The van der Waals surface area contributed by atoms with Crippen molar-refractivity contribution in [3.63, 3.8) is 0 Å². The van der Waals surface area contributed by atoms with Gasteiger partial charge < -0.3 is 10.2 Å². The molecule has 0 aliphatic carbocycles. The molecule has 0 aliphatic heterocycles. The Morgan fingerprint density at radius 1 is 0.944 bits per heavy atom. The second-order valence-electron chi connectivity index (χ2n) is 8.36. The van der Waals surface area contributed by atoms with Crippen molar-refractivity contribution < 1.29 is 18.0 Å². The number of hydrogen-bond donors (Lipinski definition) is 1. The number of sulfonamides is 1. The van der Waals surface area contributed by atoms with Crippen LogP contribution in [0.2, 0.25) is 20.1 Å². The molecule has 0 aliphatic rings. The zero-order valence-corrected chi connectivity index (χ0v) is 24.2. The zero-order valence-electron chi connectivity index (χ0n) is 20.4. The van der Waals surface area contributed by atoms with Crippen molar-refractivity contribution in [2.75, 3.05) is 17.1 Å². The molecule has 1 N–H and O–H groups in total. The molecule has 7 nitrogen and oxygen atoms in total. The number of carbonyl (C=O) groups is 2. The molecule has 2 rings (SSSR count). The average molecular weight is 597 g/mol. The predicted octanol–water partition coefficient (Wildman–Crippen LogP) is 5.79. The normalized spacial score (nSPS) is 13.1.